The van der Waals surface area contributed by atoms with Gasteiger partial charge in [0.1, 0.15) is 0 Å². The summed E-state index contributed by atoms with van der Waals surface area (Å²) in [5, 5.41) is 15.1. The Hall–Kier alpha value is -2.86. The number of methoxy groups -OCH3 is 1. The van der Waals surface area contributed by atoms with E-state index in [4.69, 9.17) is 16.3 Å². The highest BCUT2D eigenvalue weighted by Gasteiger charge is 2.41. The van der Waals surface area contributed by atoms with E-state index in [2.05, 4.69) is 17.5 Å². The summed E-state index contributed by atoms with van der Waals surface area (Å²) in [4.78, 5) is 23.0. The quantitative estimate of drug-likeness (QED) is 0.353. The summed E-state index contributed by atoms with van der Waals surface area (Å²) in [6.07, 6.45) is 4.97. The molecule has 0 unspecified atom stereocenters. The summed E-state index contributed by atoms with van der Waals surface area (Å²) in [6.45, 7) is 0. The van der Waals surface area contributed by atoms with Crippen molar-refractivity contribution in [3.05, 3.63) is 80.4 Å². The van der Waals surface area contributed by atoms with Gasteiger partial charge in [-0.15, -0.1) is 0 Å². The van der Waals surface area contributed by atoms with Crippen LogP contribution < -0.4 is 5.32 Å². The van der Waals surface area contributed by atoms with E-state index < -0.39 is 10.9 Å². The maximum absolute atomic E-state index is 12.3. The van der Waals surface area contributed by atoms with Crippen molar-refractivity contribution >= 4 is 28.9 Å². The second-order valence-electron chi connectivity index (χ2n) is 6.70. The third kappa shape index (κ3) is 2.86. The van der Waals surface area contributed by atoms with Crippen LogP contribution in [0.15, 0.2) is 48.6 Å². The number of carbonyl (C=O) groups is 1. The van der Waals surface area contributed by atoms with Gasteiger partial charge in [-0.1, -0.05) is 35.9 Å². The summed E-state index contributed by atoms with van der Waals surface area (Å²) in [7, 11) is 1.35. The smallest absolute Gasteiger partial charge is 0.338 e. The predicted molar refractivity (Wildman–Crippen MR) is 102 cm³/mol. The van der Waals surface area contributed by atoms with Crippen LogP contribution in [0.5, 0.6) is 0 Å². The van der Waals surface area contributed by atoms with Crippen LogP contribution >= 0.6 is 11.6 Å². The standard InChI is InChI=1S/C20H17ClN2O4/c1-27-20(24)15-8-9-16(21)19-17(15)13-6-3-7-14(13)18(22-19)11-4-2-5-12(10-11)23(25)26/h2-6,8-10,13-14,18,22H,7H2,1H3/t13-,14-,18-/m1/s1. The Morgan fingerprint density at radius 1 is 1.33 bits per heavy atom. The van der Waals surface area contributed by atoms with Crippen molar-refractivity contribution in [3.8, 4) is 0 Å². The molecule has 0 saturated heterocycles. The van der Waals surface area contributed by atoms with Crippen molar-refractivity contribution in [1.82, 2.24) is 0 Å². The molecule has 4 rings (SSSR count). The molecule has 2 aromatic rings. The molecule has 2 aliphatic rings. The van der Waals surface area contributed by atoms with Crippen molar-refractivity contribution in [1.29, 1.82) is 0 Å². The lowest BCUT2D eigenvalue weighted by atomic mass is 9.75. The minimum absolute atomic E-state index is 0.0155. The van der Waals surface area contributed by atoms with Gasteiger partial charge in [0, 0.05) is 18.1 Å². The van der Waals surface area contributed by atoms with Crippen LogP contribution in [0.1, 0.15) is 39.9 Å². The third-order valence-electron chi connectivity index (χ3n) is 5.31. The number of nitro benzene ring substituents is 1. The van der Waals surface area contributed by atoms with Crippen LogP contribution in [0.3, 0.4) is 0 Å². The molecule has 27 heavy (non-hydrogen) atoms. The Morgan fingerprint density at radius 2 is 2.15 bits per heavy atom. The number of hydrogen-bond donors (Lipinski definition) is 1. The molecular formula is C20H17ClN2O4. The Morgan fingerprint density at radius 3 is 2.89 bits per heavy atom. The molecule has 1 aliphatic carbocycles. The molecular weight excluding hydrogens is 368 g/mol. The third-order valence-corrected chi connectivity index (χ3v) is 5.63. The Balaban J connectivity index is 1.84. The zero-order valence-corrected chi connectivity index (χ0v) is 15.3. The maximum atomic E-state index is 12.3. The summed E-state index contributed by atoms with van der Waals surface area (Å²) in [5.74, 6) is -0.294. The fourth-order valence-electron chi connectivity index (χ4n) is 4.12. The molecule has 1 aliphatic heterocycles. The lowest BCUT2D eigenvalue weighted by molar-refractivity contribution is -0.384. The summed E-state index contributed by atoms with van der Waals surface area (Å²) >= 11 is 6.44. The number of hydrogen-bond acceptors (Lipinski definition) is 5. The fraction of sp³-hybridized carbons (Fsp3) is 0.250. The first-order valence-corrected chi connectivity index (χ1v) is 8.97. The van der Waals surface area contributed by atoms with Crippen LogP contribution in [0.4, 0.5) is 11.4 Å². The minimum Gasteiger partial charge on any atom is -0.465 e. The molecule has 0 saturated carbocycles. The molecule has 6 nitrogen and oxygen atoms in total. The normalized spacial score (nSPS) is 22.5. The van der Waals surface area contributed by atoms with Gasteiger partial charge in [0.25, 0.3) is 5.69 Å². The number of nitrogens with zero attached hydrogens (tertiary/aromatic N) is 1. The molecule has 0 radical (unpaired) electrons. The number of carbonyl (C=O) groups excluding carboxylic acids is 1. The number of rotatable bonds is 3. The number of nitro groups is 1. The van der Waals surface area contributed by atoms with Gasteiger partial charge in [0.15, 0.2) is 0 Å². The van der Waals surface area contributed by atoms with E-state index in [1.54, 1.807) is 24.3 Å². The molecule has 1 heterocycles. The number of esters is 1. The Labute approximate surface area is 160 Å². The lowest BCUT2D eigenvalue weighted by Gasteiger charge is -2.38. The average Bonchev–Trinajstić information content (AvgIpc) is 3.17. The highest BCUT2D eigenvalue weighted by Crippen LogP contribution is 2.52. The van der Waals surface area contributed by atoms with Gasteiger partial charge >= 0.3 is 5.97 Å². The molecule has 0 bridgehead atoms. The Kier molecular flexibility index (Phi) is 4.36. The van der Waals surface area contributed by atoms with Crippen LogP contribution in [0, 0.1) is 16.0 Å². The number of allylic oxidation sites excluding steroid dienone is 2. The fourth-order valence-corrected chi connectivity index (χ4v) is 4.34. The van der Waals surface area contributed by atoms with Gasteiger partial charge in [0.05, 0.1) is 34.3 Å². The van der Waals surface area contributed by atoms with Gasteiger partial charge in [-0.2, -0.15) is 0 Å². The first-order chi connectivity index (χ1) is 13.0. The van der Waals surface area contributed by atoms with Crippen LogP contribution in [-0.2, 0) is 4.74 Å². The average molecular weight is 385 g/mol. The molecule has 0 spiro atoms. The zero-order valence-electron chi connectivity index (χ0n) is 14.5. The van der Waals surface area contributed by atoms with Gasteiger partial charge in [-0.05, 0) is 35.6 Å². The van der Waals surface area contributed by atoms with Gasteiger partial charge in [-0.3, -0.25) is 10.1 Å². The molecule has 2 aromatic carbocycles. The molecule has 1 N–H and O–H groups in total. The lowest BCUT2D eigenvalue weighted by Crippen LogP contribution is -2.30. The van der Waals surface area contributed by atoms with Crippen LogP contribution in [0.25, 0.3) is 0 Å². The van der Waals surface area contributed by atoms with Gasteiger partial charge < -0.3 is 10.1 Å². The molecule has 138 valence electrons. The number of non-ortho nitro benzene ring substituents is 1. The van der Waals surface area contributed by atoms with Gasteiger partial charge in [-0.25, -0.2) is 4.79 Å². The van der Waals surface area contributed by atoms with Crippen molar-refractivity contribution in [2.24, 2.45) is 5.92 Å². The molecule has 0 amide bonds. The summed E-state index contributed by atoms with van der Waals surface area (Å²) < 4.78 is 4.94. The van der Waals surface area contributed by atoms with Crippen molar-refractivity contribution in [2.75, 3.05) is 12.4 Å². The van der Waals surface area contributed by atoms with E-state index in [0.717, 1.165) is 17.5 Å². The minimum atomic E-state index is -0.405. The number of anilines is 1. The maximum Gasteiger partial charge on any atom is 0.338 e. The number of nitrogens with one attached hydrogen (secondary N) is 1. The molecule has 7 heteroatoms. The second-order valence-corrected chi connectivity index (χ2v) is 7.11. The van der Waals surface area contributed by atoms with Crippen molar-refractivity contribution in [3.63, 3.8) is 0 Å². The van der Waals surface area contributed by atoms with E-state index in [-0.39, 0.29) is 23.6 Å². The highest BCUT2D eigenvalue weighted by molar-refractivity contribution is 6.33. The molecule has 0 fully saturated rings. The number of benzene rings is 2. The second kappa shape index (κ2) is 6.70. The molecule has 0 aromatic heterocycles. The SMILES string of the molecule is COC(=O)c1ccc(Cl)c2c1[C@@H]1C=CC[C@H]1[C@@H](c1cccc([N+](=O)[O-])c1)N2. The largest absolute Gasteiger partial charge is 0.465 e. The van der Waals surface area contributed by atoms with Crippen LogP contribution in [-0.4, -0.2) is 18.0 Å². The van der Waals surface area contributed by atoms with E-state index in [1.165, 1.54) is 13.2 Å². The summed E-state index contributed by atoms with van der Waals surface area (Å²) in [5.41, 5.74) is 2.88. The number of ether oxygens (including phenoxy) is 1. The number of fused-ring (bicyclic) bond motifs is 3. The van der Waals surface area contributed by atoms with E-state index in [1.807, 2.05) is 6.07 Å². The highest BCUT2D eigenvalue weighted by atomic mass is 35.5. The van der Waals surface area contributed by atoms with Crippen LogP contribution in [0.2, 0.25) is 5.02 Å². The topological polar surface area (TPSA) is 81.5 Å². The number of halogens is 1. The predicted octanol–water partition coefficient (Wildman–Crippen LogP) is 4.86. The molecule has 3 atom stereocenters. The summed E-state index contributed by atoms with van der Waals surface area (Å²) in [6, 6.07) is 9.85. The van der Waals surface area contributed by atoms with Crippen molar-refractivity contribution in [2.45, 2.75) is 18.4 Å². The van der Waals surface area contributed by atoms with E-state index >= 15 is 0 Å². The Bertz CT molecular complexity index is 972. The van der Waals surface area contributed by atoms with Crippen molar-refractivity contribution < 1.29 is 14.5 Å². The van der Waals surface area contributed by atoms with Gasteiger partial charge in [0.2, 0.25) is 0 Å². The first-order valence-electron chi connectivity index (χ1n) is 8.59. The first kappa shape index (κ1) is 17.5. The van der Waals surface area contributed by atoms with E-state index in [9.17, 15) is 14.9 Å². The monoisotopic (exact) mass is 384 g/mol. The van der Waals surface area contributed by atoms with E-state index in [0.29, 0.717) is 16.3 Å². The zero-order chi connectivity index (χ0) is 19.1.